The standard InChI is InChI=1S/C10H17N3O2/c1-9(14)5-3-4-6-13-10(8-15-2)7-11-12-13/h7H,3-6,8H2,1-2H3. The second-order valence-corrected chi connectivity index (χ2v) is 3.54. The van der Waals surface area contributed by atoms with E-state index in [1.54, 1.807) is 20.2 Å². The summed E-state index contributed by atoms with van der Waals surface area (Å²) in [6.45, 7) is 2.94. The van der Waals surface area contributed by atoms with Crippen LogP contribution in [0.4, 0.5) is 0 Å². The van der Waals surface area contributed by atoms with Crippen LogP contribution in [0.15, 0.2) is 6.20 Å². The van der Waals surface area contributed by atoms with Crippen molar-refractivity contribution in [3.8, 4) is 0 Å². The average molecular weight is 211 g/mol. The van der Waals surface area contributed by atoms with Crippen LogP contribution in [0, 0.1) is 0 Å². The molecule has 0 saturated heterocycles. The van der Waals surface area contributed by atoms with Crippen molar-refractivity contribution in [1.82, 2.24) is 15.0 Å². The summed E-state index contributed by atoms with van der Waals surface area (Å²) < 4.78 is 6.84. The minimum Gasteiger partial charge on any atom is -0.378 e. The van der Waals surface area contributed by atoms with Crippen LogP contribution < -0.4 is 0 Å². The summed E-state index contributed by atoms with van der Waals surface area (Å²) >= 11 is 0. The van der Waals surface area contributed by atoms with E-state index >= 15 is 0 Å². The molecular formula is C10H17N3O2. The summed E-state index contributed by atoms with van der Waals surface area (Å²) in [5.74, 6) is 0.241. The third-order valence-electron chi connectivity index (χ3n) is 2.14. The summed E-state index contributed by atoms with van der Waals surface area (Å²) in [5.41, 5.74) is 0.973. The van der Waals surface area contributed by atoms with Crippen LogP contribution in [0.3, 0.4) is 0 Å². The molecule has 0 aromatic carbocycles. The predicted molar refractivity (Wildman–Crippen MR) is 55.3 cm³/mol. The predicted octanol–water partition coefficient (Wildman–Crippen LogP) is 1.18. The Labute approximate surface area is 89.4 Å². The highest BCUT2D eigenvalue weighted by Crippen LogP contribution is 2.03. The lowest BCUT2D eigenvalue weighted by Gasteiger charge is -2.04. The van der Waals surface area contributed by atoms with E-state index in [4.69, 9.17) is 4.74 Å². The topological polar surface area (TPSA) is 57.0 Å². The average Bonchev–Trinajstić information content (AvgIpc) is 2.61. The molecule has 0 unspecified atom stereocenters. The molecule has 0 atom stereocenters. The van der Waals surface area contributed by atoms with Crippen LogP contribution in [0.2, 0.25) is 0 Å². The molecule has 1 rings (SSSR count). The van der Waals surface area contributed by atoms with Crippen molar-refractivity contribution in [3.05, 3.63) is 11.9 Å². The number of carbonyl (C=O) groups is 1. The first-order chi connectivity index (χ1) is 7.24. The minimum atomic E-state index is 0.241. The summed E-state index contributed by atoms with van der Waals surface area (Å²) in [7, 11) is 1.65. The van der Waals surface area contributed by atoms with Crippen LogP contribution in [0.5, 0.6) is 0 Å². The molecule has 5 heteroatoms. The van der Waals surface area contributed by atoms with Gasteiger partial charge < -0.3 is 9.53 Å². The van der Waals surface area contributed by atoms with E-state index in [0.29, 0.717) is 13.0 Å². The third-order valence-corrected chi connectivity index (χ3v) is 2.14. The summed E-state index contributed by atoms with van der Waals surface area (Å²) in [6, 6.07) is 0. The van der Waals surface area contributed by atoms with E-state index in [1.165, 1.54) is 0 Å². The van der Waals surface area contributed by atoms with Gasteiger partial charge in [-0.1, -0.05) is 5.21 Å². The number of rotatable bonds is 7. The van der Waals surface area contributed by atoms with E-state index in [-0.39, 0.29) is 5.78 Å². The molecule has 0 N–H and O–H groups in total. The van der Waals surface area contributed by atoms with Gasteiger partial charge in [-0.2, -0.15) is 0 Å². The van der Waals surface area contributed by atoms with E-state index in [9.17, 15) is 4.79 Å². The van der Waals surface area contributed by atoms with Crippen molar-refractivity contribution in [2.24, 2.45) is 0 Å². The maximum absolute atomic E-state index is 10.7. The van der Waals surface area contributed by atoms with Gasteiger partial charge in [0.15, 0.2) is 0 Å². The van der Waals surface area contributed by atoms with E-state index in [0.717, 1.165) is 25.1 Å². The normalized spacial score (nSPS) is 10.5. The molecule has 0 fully saturated rings. The minimum absolute atomic E-state index is 0.241. The van der Waals surface area contributed by atoms with Gasteiger partial charge in [-0.15, -0.1) is 5.10 Å². The first-order valence-corrected chi connectivity index (χ1v) is 5.09. The maximum atomic E-state index is 10.7. The van der Waals surface area contributed by atoms with Gasteiger partial charge in [0.1, 0.15) is 5.78 Å². The van der Waals surface area contributed by atoms with Crippen molar-refractivity contribution in [3.63, 3.8) is 0 Å². The SMILES string of the molecule is COCc1cnnn1CCCCC(C)=O. The molecule has 0 saturated carbocycles. The Morgan fingerprint density at radius 2 is 2.33 bits per heavy atom. The molecule has 0 aliphatic rings. The Balaban J connectivity index is 2.30. The monoisotopic (exact) mass is 211 g/mol. The largest absolute Gasteiger partial charge is 0.378 e. The van der Waals surface area contributed by atoms with E-state index in [2.05, 4.69) is 10.3 Å². The van der Waals surface area contributed by atoms with Crippen molar-refractivity contribution >= 4 is 5.78 Å². The van der Waals surface area contributed by atoms with Gasteiger partial charge in [0.25, 0.3) is 0 Å². The molecule has 0 aliphatic heterocycles. The molecular weight excluding hydrogens is 194 g/mol. The molecule has 84 valence electrons. The molecule has 5 nitrogen and oxygen atoms in total. The lowest BCUT2D eigenvalue weighted by atomic mass is 10.2. The number of carbonyl (C=O) groups excluding carboxylic acids is 1. The third kappa shape index (κ3) is 4.20. The smallest absolute Gasteiger partial charge is 0.129 e. The van der Waals surface area contributed by atoms with Gasteiger partial charge in [-0.05, 0) is 19.8 Å². The Hall–Kier alpha value is -1.23. The highest BCUT2D eigenvalue weighted by atomic mass is 16.5. The van der Waals surface area contributed by atoms with Crippen LogP contribution >= 0.6 is 0 Å². The fraction of sp³-hybridized carbons (Fsp3) is 0.700. The Morgan fingerprint density at radius 3 is 3.00 bits per heavy atom. The number of Topliss-reactive ketones (excluding diaryl/α,β-unsaturated/α-hetero) is 1. The Bertz CT molecular complexity index is 309. The van der Waals surface area contributed by atoms with Gasteiger partial charge in [0, 0.05) is 20.1 Å². The van der Waals surface area contributed by atoms with Crippen molar-refractivity contribution < 1.29 is 9.53 Å². The fourth-order valence-electron chi connectivity index (χ4n) is 1.36. The second-order valence-electron chi connectivity index (χ2n) is 3.54. The molecule has 1 aromatic heterocycles. The first-order valence-electron chi connectivity index (χ1n) is 5.09. The maximum Gasteiger partial charge on any atom is 0.129 e. The number of ether oxygens (including phenoxy) is 1. The molecule has 0 spiro atoms. The number of ketones is 1. The Morgan fingerprint density at radius 1 is 1.53 bits per heavy atom. The molecule has 0 amide bonds. The zero-order valence-electron chi connectivity index (χ0n) is 9.27. The van der Waals surface area contributed by atoms with Crippen molar-refractivity contribution in [1.29, 1.82) is 0 Å². The van der Waals surface area contributed by atoms with Crippen LogP contribution in [0.1, 0.15) is 31.9 Å². The molecule has 1 heterocycles. The first kappa shape index (κ1) is 11.8. The fourth-order valence-corrected chi connectivity index (χ4v) is 1.36. The number of aryl methyl sites for hydroxylation is 1. The number of nitrogens with zero attached hydrogens (tertiary/aromatic N) is 3. The number of unbranched alkanes of at least 4 members (excludes halogenated alkanes) is 1. The van der Waals surface area contributed by atoms with E-state index in [1.807, 2.05) is 4.68 Å². The van der Waals surface area contributed by atoms with Crippen molar-refractivity contribution in [2.75, 3.05) is 7.11 Å². The molecule has 0 aliphatic carbocycles. The highest BCUT2D eigenvalue weighted by Gasteiger charge is 2.02. The van der Waals surface area contributed by atoms with Gasteiger partial charge in [-0.25, -0.2) is 4.68 Å². The quantitative estimate of drug-likeness (QED) is 0.635. The molecule has 1 aromatic rings. The second kappa shape index (κ2) is 6.29. The van der Waals surface area contributed by atoms with Gasteiger partial charge >= 0.3 is 0 Å². The van der Waals surface area contributed by atoms with Crippen LogP contribution in [-0.4, -0.2) is 27.9 Å². The summed E-state index contributed by atoms with van der Waals surface area (Å²) in [5, 5.41) is 7.77. The molecule has 0 radical (unpaired) electrons. The number of aromatic nitrogens is 3. The number of hydrogen-bond acceptors (Lipinski definition) is 4. The summed E-state index contributed by atoms with van der Waals surface area (Å²) in [6.07, 6.45) is 4.20. The molecule has 15 heavy (non-hydrogen) atoms. The molecule has 0 bridgehead atoms. The van der Waals surface area contributed by atoms with E-state index < -0.39 is 0 Å². The van der Waals surface area contributed by atoms with Crippen molar-refractivity contribution in [2.45, 2.75) is 39.3 Å². The highest BCUT2D eigenvalue weighted by molar-refractivity contribution is 5.75. The zero-order valence-corrected chi connectivity index (χ0v) is 9.27. The van der Waals surface area contributed by atoms with Gasteiger partial charge in [-0.3, -0.25) is 0 Å². The lowest BCUT2D eigenvalue weighted by molar-refractivity contribution is -0.117. The lowest BCUT2D eigenvalue weighted by Crippen LogP contribution is -2.06. The number of hydrogen-bond donors (Lipinski definition) is 0. The zero-order chi connectivity index (χ0) is 11.1. The number of methoxy groups -OCH3 is 1. The van der Waals surface area contributed by atoms with Gasteiger partial charge in [0.05, 0.1) is 18.5 Å². The van der Waals surface area contributed by atoms with Crippen LogP contribution in [0.25, 0.3) is 0 Å². The summed E-state index contributed by atoms with van der Waals surface area (Å²) in [4.78, 5) is 10.7. The van der Waals surface area contributed by atoms with Crippen LogP contribution in [-0.2, 0) is 22.7 Å². The Kier molecular flexibility index (Phi) is 4.97. The van der Waals surface area contributed by atoms with Gasteiger partial charge in [0.2, 0.25) is 0 Å².